The Kier molecular flexibility index (Phi) is 7.02. The van der Waals surface area contributed by atoms with Gasteiger partial charge in [0, 0.05) is 22.9 Å². The monoisotopic (exact) mass is 561 g/mol. The highest BCUT2D eigenvalue weighted by Crippen LogP contribution is 2.26. The number of hydrogen-bond acceptors (Lipinski definition) is 6. The van der Waals surface area contributed by atoms with Gasteiger partial charge in [-0.05, 0) is 11.1 Å². The highest BCUT2D eigenvalue weighted by atomic mass is 35.5. The number of quaternary nitrogens is 1. The molecule has 0 spiro atoms. The molecule has 0 radical (unpaired) electrons. The van der Waals surface area contributed by atoms with Crippen LogP contribution in [0.15, 0.2) is 93.1 Å². The Morgan fingerprint density at radius 1 is 0.684 bits per heavy atom. The van der Waals surface area contributed by atoms with Crippen LogP contribution in [-0.2, 0) is 13.1 Å². The van der Waals surface area contributed by atoms with Gasteiger partial charge in [-0.2, -0.15) is 0 Å². The van der Waals surface area contributed by atoms with E-state index in [9.17, 15) is 9.59 Å². The number of aromatic nitrogens is 4. The first-order valence-corrected chi connectivity index (χ1v) is 13.6. The van der Waals surface area contributed by atoms with Gasteiger partial charge >= 0.3 is 0 Å². The van der Waals surface area contributed by atoms with Crippen molar-refractivity contribution in [1.29, 1.82) is 0 Å². The molecule has 6 rings (SSSR count). The van der Waals surface area contributed by atoms with Crippen LogP contribution in [0.25, 0.3) is 32.4 Å². The van der Waals surface area contributed by atoms with Crippen LogP contribution >= 0.6 is 22.7 Å². The molecule has 6 aromatic rings. The smallest absolute Gasteiger partial charge is 0.259 e. The molecule has 0 bridgehead atoms. The first-order valence-electron chi connectivity index (χ1n) is 11.8. The van der Waals surface area contributed by atoms with E-state index in [1.54, 1.807) is 20.9 Å². The molecule has 0 aliphatic carbocycles. The summed E-state index contributed by atoms with van der Waals surface area (Å²) in [6.45, 7) is 1.07. The van der Waals surface area contributed by atoms with Gasteiger partial charge in [-0.25, -0.2) is 9.97 Å². The van der Waals surface area contributed by atoms with Gasteiger partial charge in [-0.3, -0.25) is 18.4 Å². The van der Waals surface area contributed by atoms with E-state index in [2.05, 4.69) is 14.1 Å². The minimum Gasteiger partial charge on any atom is -1.00 e. The average molecular weight is 562 g/mol. The van der Waals surface area contributed by atoms with E-state index in [-0.39, 0.29) is 23.5 Å². The van der Waals surface area contributed by atoms with E-state index in [4.69, 9.17) is 9.97 Å². The van der Waals surface area contributed by atoms with Gasteiger partial charge in [0.15, 0.2) is 9.92 Å². The van der Waals surface area contributed by atoms with Gasteiger partial charge in [0.05, 0.1) is 25.5 Å². The summed E-state index contributed by atoms with van der Waals surface area (Å²) in [5, 5.41) is 3.94. The molecule has 0 aliphatic rings. The fraction of sp³-hybridized carbons (Fsp3) is 0.143. The fourth-order valence-electron chi connectivity index (χ4n) is 4.64. The van der Waals surface area contributed by atoms with Crippen molar-refractivity contribution in [2.24, 2.45) is 0 Å². The summed E-state index contributed by atoms with van der Waals surface area (Å²) in [6, 6.07) is 22.9. The van der Waals surface area contributed by atoms with E-state index < -0.39 is 0 Å². The number of benzene rings is 2. The Labute approximate surface area is 232 Å². The molecule has 0 unspecified atom stereocenters. The molecule has 0 saturated heterocycles. The lowest BCUT2D eigenvalue weighted by molar-refractivity contribution is -0.917. The first kappa shape index (κ1) is 26.0. The predicted octanol–water partition coefficient (Wildman–Crippen LogP) is 1.94. The topological polar surface area (TPSA) is 68.7 Å². The standard InChI is InChI=1S/C28H24N5O2S2.ClH/c1-33(2,15-21-13-25(34)31-23(17-36-27(31)29-21)19-9-5-3-6-10-19)16-22-14-26(35)32-24(18-37-28(32)30-22)20-11-7-4-8-12-20;/h3-14,17-18H,15-16H2,1-2H3;1H/q+1;/p-1. The van der Waals surface area contributed by atoms with Crippen LogP contribution in [0, 0.1) is 0 Å². The number of nitrogens with zero attached hydrogens (tertiary/aromatic N) is 5. The van der Waals surface area contributed by atoms with Crippen molar-refractivity contribution in [2.75, 3.05) is 14.1 Å². The summed E-state index contributed by atoms with van der Waals surface area (Å²) in [4.78, 5) is 37.1. The molecule has 0 saturated carbocycles. The molecule has 2 aromatic carbocycles. The average Bonchev–Trinajstić information content (AvgIpc) is 3.50. The lowest BCUT2D eigenvalue weighted by Gasteiger charge is -2.28. The number of halogens is 1. The summed E-state index contributed by atoms with van der Waals surface area (Å²) >= 11 is 2.92. The van der Waals surface area contributed by atoms with Crippen LogP contribution in [0.4, 0.5) is 0 Å². The Morgan fingerprint density at radius 3 is 1.47 bits per heavy atom. The molecule has 4 heterocycles. The Hall–Kier alpha value is -3.63. The molecular formula is C28H24ClN5O2S2. The molecule has 0 amide bonds. The number of fused-ring (bicyclic) bond motifs is 2. The molecule has 4 aromatic heterocycles. The highest BCUT2D eigenvalue weighted by Gasteiger charge is 2.22. The van der Waals surface area contributed by atoms with Gasteiger partial charge in [-0.15, -0.1) is 22.7 Å². The predicted molar refractivity (Wildman–Crippen MR) is 149 cm³/mol. The third kappa shape index (κ3) is 4.93. The van der Waals surface area contributed by atoms with Gasteiger partial charge in [0.1, 0.15) is 24.5 Å². The van der Waals surface area contributed by atoms with Crippen LogP contribution in [0.3, 0.4) is 0 Å². The van der Waals surface area contributed by atoms with Crippen LogP contribution in [0.2, 0.25) is 0 Å². The second-order valence-electron chi connectivity index (χ2n) is 9.63. The maximum Gasteiger partial charge on any atom is 0.259 e. The van der Waals surface area contributed by atoms with E-state index in [0.29, 0.717) is 27.5 Å². The van der Waals surface area contributed by atoms with Crippen LogP contribution in [-0.4, -0.2) is 37.3 Å². The quantitative estimate of drug-likeness (QED) is 0.292. The zero-order valence-electron chi connectivity index (χ0n) is 20.7. The van der Waals surface area contributed by atoms with Crippen LogP contribution in [0.1, 0.15) is 11.4 Å². The molecular weight excluding hydrogens is 538 g/mol. The van der Waals surface area contributed by atoms with Crippen molar-refractivity contribution in [1.82, 2.24) is 18.8 Å². The molecule has 0 atom stereocenters. The lowest BCUT2D eigenvalue weighted by Crippen LogP contribution is -3.00. The SMILES string of the molecule is C[N+](C)(Cc1cc(=O)n2c(-c3ccccc3)csc2n1)Cc1cc(=O)n2c(-c3ccccc3)csc2n1.[Cl-]. The Balaban J connectivity index is 0.00000294. The fourth-order valence-corrected chi connectivity index (χ4v) is 6.49. The Morgan fingerprint density at radius 2 is 1.08 bits per heavy atom. The third-order valence-electron chi connectivity index (χ3n) is 6.23. The molecule has 10 heteroatoms. The maximum absolute atomic E-state index is 13.1. The molecule has 0 N–H and O–H groups in total. The number of rotatable bonds is 6. The van der Waals surface area contributed by atoms with Crippen molar-refractivity contribution >= 4 is 32.6 Å². The van der Waals surface area contributed by atoms with Crippen molar-refractivity contribution in [2.45, 2.75) is 13.1 Å². The largest absolute Gasteiger partial charge is 1.00 e. The van der Waals surface area contributed by atoms with Gasteiger partial charge in [0.25, 0.3) is 11.1 Å². The zero-order chi connectivity index (χ0) is 25.6. The Bertz CT molecular complexity index is 1720. The molecule has 192 valence electrons. The second kappa shape index (κ2) is 10.3. The van der Waals surface area contributed by atoms with E-state index in [1.807, 2.05) is 71.4 Å². The summed E-state index contributed by atoms with van der Waals surface area (Å²) in [5.41, 5.74) is 4.92. The van der Waals surface area contributed by atoms with E-state index in [1.165, 1.54) is 22.7 Å². The minimum absolute atomic E-state index is 0. The minimum atomic E-state index is -0.0927. The zero-order valence-corrected chi connectivity index (χ0v) is 23.1. The molecule has 38 heavy (non-hydrogen) atoms. The van der Waals surface area contributed by atoms with Crippen molar-refractivity contribution < 1.29 is 16.9 Å². The van der Waals surface area contributed by atoms with E-state index >= 15 is 0 Å². The highest BCUT2D eigenvalue weighted by molar-refractivity contribution is 7.15. The number of thiazole rings is 2. The van der Waals surface area contributed by atoms with Gasteiger partial charge in [-0.1, -0.05) is 60.7 Å². The van der Waals surface area contributed by atoms with Gasteiger partial charge in [0.2, 0.25) is 0 Å². The second-order valence-corrected chi connectivity index (χ2v) is 11.3. The summed E-state index contributed by atoms with van der Waals surface area (Å²) in [6.07, 6.45) is 0. The van der Waals surface area contributed by atoms with Crippen molar-refractivity contribution in [3.63, 3.8) is 0 Å². The normalized spacial score (nSPS) is 11.6. The third-order valence-corrected chi connectivity index (χ3v) is 7.89. The first-order chi connectivity index (χ1) is 17.9. The number of hydrogen-bond donors (Lipinski definition) is 0. The molecule has 7 nitrogen and oxygen atoms in total. The summed E-state index contributed by atoms with van der Waals surface area (Å²) in [5.74, 6) is 0. The summed E-state index contributed by atoms with van der Waals surface area (Å²) in [7, 11) is 4.11. The molecule has 0 aliphatic heterocycles. The van der Waals surface area contributed by atoms with Gasteiger partial charge < -0.3 is 16.9 Å². The maximum atomic E-state index is 13.1. The van der Waals surface area contributed by atoms with Crippen LogP contribution < -0.4 is 23.5 Å². The molecule has 0 fully saturated rings. The van der Waals surface area contributed by atoms with E-state index in [0.717, 1.165) is 33.9 Å². The summed E-state index contributed by atoms with van der Waals surface area (Å²) < 4.78 is 3.83. The van der Waals surface area contributed by atoms with Crippen molar-refractivity contribution in [3.05, 3.63) is 116 Å². The lowest BCUT2D eigenvalue weighted by atomic mass is 10.2. The van der Waals surface area contributed by atoms with Crippen molar-refractivity contribution in [3.8, 4) is 22.5 Å². The van der Waals surface area contributed by atoms with Crippen LogP contribution in [0.5, 0.6) is 0 Å².